The number of nitrogens with one attached hydrogen (secondary N) is 1. The second-order valence-electron chi connectivity index (χ2n) is 4.39. The lowest BCUT2D eigenvalue weighted by molar-refractivity contribution is -0.146. The molecule has 4 nitrogen and oxygen atoms in total. The van der Waals surface area contributed by atoms with Crippen molar-refractivity contribution >= 4 is 17.6 Å². The minimum Gasteiger partial charge on any atom is -0.465 e. The van der Waals surface area contributed by atoms with Gasteiger partial charge in [0.25, 0.3) is 0 Å². The van der Waals surface area contributed by atoms with Crippen molar-refractivity contribution in [2.75, 3.05) is 13.2 Å². The third-order valence-corrected chi connectivity index (χ3v) is 3.42. The lowest BCUT2D eigenvalue weighted by atomic mass is 9.87. The quantitative estimate of drug-likeness (QED) is 0.674. The Morgan fingerprint density at radius 1 is 1.61 bits per heavy atom. The van der Waals surface area contributed by atoms with Gasteiger partial charge in [-0.15, -0.1) is 0 Å². The molecule has 0 bridgehead atoms. The largest absolute Gasteiger partial charge is 0.465 e. The van der Waals surface area contributed by atoms with Crippen LogP contribution >= 0.6 is 11.6 Å². The van der Waals surface area contributed by atoms with Crippen LogP contribution in [0.1, 0.15) is 31.2 Å². The van der Waals surface area contributed by atoms with Crippen molar-refractivity contribution in [2.45, 2.75) is 31.7 Å². The van der Waals surface area contributed by atoms with Crippen LogP contribution in [0.15, 0.2) is 18.3 Å². The highest BCUT2D eigenvalue weighted by molar-refractivity contribution is 6.29. The van der Waals surface area contributed by atoms with Crippen LogP contribution < -0.4 is 5.32 Å². The normalized spacial score (nSPS) is 23.7. The highest BCUT2D eigenvalue weighted by atomic mass is 35.5. The predicted octanol–water partition coefficient (Wildman–Crippen LogP) is 2.13. The van der Waals surface area contributed by atoms with E-state index < -0.39 is 0 Å². The van der Waals surface area contributed by atoms with Gasteiger partial charge >= 0.3 is 5.97 Å². The summed E-state index contributed by atoms with van der Waals surface area (Å²) in [5, 5.41) is 3.69. The molecule has 0 aliphatic carbocycles. The molecule has 1 aromatic rings. The van der Waals surface area contributed by atoms with Crippen molar-refractivity contribution in [3.05, 3.63) is 29.0 Å². The molecular weight excluding hydrogens is 252 g/mol. The van der Waals surface area contributed by atoms with Crippen LogP contribution in [0.25, 0.3) is 0 Å². The van der Waals surface area contributed by atoms with Gasteiger partial charge in [-0.2, -0.15) is 0 Å². The molecule has 1 aromatic heterocycles. The van der Waals surface area contributed by atoms with Gasteiger partial charge in [-0.1, -0.05) is 17.7 Å². The van der Waals surface area contributed by atoms with Gasteiger partial charge in [0.2, 0.25) is 0 Å². The van der Waals surface area contributed by atoms with Gasteiger partial charge in [-0.05, 0) is 43.9 Å². The van der Waals surface area contributed by atoms with E-state index in [1.807, 2.05) is 13.0 Å². The fourth-order valence-electron chi connectivity index (χ4n) is 2.27. The maximum atomic E-state index is 11.7. The number of esters is 1. The van der Waals surface area contributed by atoms with E-state index in [9.17, 15) is 4.79 Å². The second-order valence-corrected chi connectivity index (χ2v) is 4.78. The third-order valence-electron chi connectivity index (χ3n) is 3.20. The summed E-state index contributed by atoms with van der Waals surface area (Å²) in [4.78, 5) is 15.8. The summed E-state index contributed by atoms with van der Waals surface area (Å²) in [5.41, 5.74) is 1.13. The molecule has 2 atom stereocenters. The summed E-state index contributed by atoms with van der Waals surface area (Å²) in [5.74, 6) is 0.176. The number of carbonyl (C=O) groups is 1. The summed E-state index contributed by atoms with van der Waals surface area (Å²) in [6.45, 7) is 3.06. The Labute approximate surface area is 112 Å². The zero-order chi connectivity index (χ0) is 13.0. The van der Waals surface area contributed by atoms with Crippen molar-refractivity contribution < 1.29 is 9.53 Å². The van der Waals surface area contributed by atoms with Crippen LogP contribution in [0.2, 0.25) is 5.15 Å². The van der Waals surface area contributed by atoms with E-state index in [1.54, 1.807) is 12.3 Å². The van der Waals surface area contributed by atoms with E-state index in [-0.39, 0.29) is 12.0 Å². The smallest absolute Gasteiger partial charge is 0.323 e. The average molecular weight is 269 g/mol. The van der Waals surface area contributed by atoms with Crippen molar-refractivity contribution in [2.24, 2.45) is 0 Å². The monoisotopic (exact) mass is 268 g/mol. The van der Waals surface area contributed by atoms with Gasteiger partial charge in [0.15, 0.2) is 0 Å². The molecule has 2 unspecified atom stereocenters. The van der Waals surface area contributed by atoms with Gasteiger partial charge in [0.05, 0.1) is 6.61 Å². The highest BCUT2D eigenvalue weighted by Crippen LogP contribution is 2.28. The molecular formula is C13H17ClN2O2. The Hall–Kier alpha value is -1.13. The van der Waals surface area contributed by atoms with Crippen LogP contribution in [0, 0.1) is 0 Å². The predicted molar refractivity (Wildman–Crippen MR) is 69.6 cm³/mol. The number of nitrogens with zero attached hydrogens (tertiary/aromatic N) is 1. The molecule has 1 fully saturated rings. The first-order chi connectivity index (χ1) is 8.70. The number of piperidine rings is 1. The number of carbonyl (C=O) groups excluding carboxylic acids is 1. The Kier molecular flexibility index (Phi) is 4.55. The molecule has 0 amide bonds. The summed E-state index contributed by atoms with van der Waals surface area (Å²) >= 11 is 5.77. The van der Waals surface area contributed by atoms with E-state index in [0.717, 1.165) is 24.9 Å². The fraction of sp³-hybridized carbons (Fsp3) is 0.538. The first-order valence-corrected chi connectivity index (χ1v) is 6.60. The minimum absolute atomic E-state index is 0.163. The number of rotatable bonds is 3. The number of halogens is 1. The highest BCUT2D eigenvalue weighted by Gasteiger charge is 2.28. The summed E-state index contributed by atoms with van der Waals surface area (Å²) < 4.78 is 5.05. The standard InChI is InChI=1S/C13H17ClN2O2/c1-2-18-13(17)11-7-9(5-6-15-11)10-3-4-12(14)16-8-10/h3-4,8-9,11,15H,2,5-7H2,1H3. The molecule has 1 aliphatic rings. The van der Waals surface area contributed by atoms with Gasteiger partial charge in [0.1, 0.15) is 11.2 Å². The minimum atomic E-state index is -0.209. The van der Waals surface area contributed by atoms with Gasteiger partial charge < -0.3 is 10.1 Å². The second kappa shape index (κ2) is 6.16. The SMILES string of the molecule is CCOC(=O)C1CC(c2ccc(Cl)nc2)CCN1. The molecule has 0 saturated carbocycles. The molecule has 2 rings (SSSR count). The molecule has 5 heteroatoms. The van der Waals surface area contributed by atoms with Gasteiger partial charge in [0, 0.05) is 6.20 Å². The average Bonchev–Trinajstić information content (AvgIpc) is 2.40. The molecule has 1 aliphatic heterocycles. The fourth-order valence-corrected chi connectivity index (χ4v) is 2.38. The molecule has 1 saturated heterocycles. The van der Waals surface area contributed by atoms with Gasteiger partial charge in [-0.25, -0.2) is 4.98 Å². The van der Waals surface area contributed by atoms with Crippen LogP contribution in [-0.4, -0.2) is 30.1 Å². The molecule has 2 heterocycles. The van der Waals surface area contributed by atoms with Crippen LogP contribution in [0.4, 0.5) is 0 Å². The summed E-state index contributed by atoms with van der Waals surface area (Å²) in [7, 11) is 0. The van der Waals surface area contributed by atoms with Crippen LogP contribution in [0.3, 0.4) is 0 Å². The molecule has 0 spiro atoms. The van der Waals surface area contributed by atoms with E-state index >= 15 is 0 Å². The lowest BCUT2D eigenvalue weighted by Gasteiger charge is -2.29. The maximum Gasteiger partial charge on any atom is 0.323 e. The van der Waals surface area contributed by atoms with Crippen LogP contribution in [0.5, 0.6) is 0 Å². The number of hydrogen-bond donors (Lipinski definition) is 1. The molecule has 1 N–H and O–H groups in total. The van der Waals surface area contributed by atoms with Crippen molar-refractivity contribution in [1.82, 2.24) is 10.3 Å². The summed E-state index contributed by atoms with van der Waals surface area (Å²) in [6, 6.07) is 3.56. The number of ether oxygens (including phenoxy) is 1. The van der Waals surface area contributed by atoms with Crippen molar-refractivity contribution in [1.29, 1.82) is 0 Å². The van der Waals surface area contributed by atoms with E-state index in [4.69, 9.17) is 16.3 Å². The number of hydrogen-bond acceptors (Lipinski definition) is 4. The Morgan fingerprint density at radius 2 is 2.44 bits per heavy atom. The third kappa shape index (κ3) is 3.21. The van der Waals surface area contributed by atoms with Crippen molar-refractivity contribution in [3.63, 3.8) is 0 Å². The Bertz CT molecular complexity index is 408. The first kappa shape index (κ1) is 13.3. The molecule has 0 radical (unpaired) electrons. The van der Waals surface area contributed by atoms with Crippen molar-refractivity contribution in [3.8, 4) is 0 Å². The van der Waals surface area contributed by atoms with Crippen LogP contribution in [-0.2, 0) is 9.53 Å². The number of aromatic nitrogens is 1. The zero-order valence-corrected chi connectivity index (χ0v) is 11.1. The van der Waals surface area contributed by atoms with Gasteiger partial charge in [-0.3, -0.25) is 4.79 Å². The van der Waals surface area contributed by atoms with E-state index in [0.29, 0.717) is 17.7 Å². The molecule has 98 valence electrons. The first-order valence-electron chi connectivity index (χ1n) is 6.22. The van der Waals surface area contributed by atoms with E-state index in [2.05, 4.69) is 10.3 Å². The number of pyridine rings is 1. The zero-order valence-electron chi connectivity index (χ0n) is 10.4. The Morgan fingerprint density at radius 3 is 3.11 bits per heavy atom. The summed E-state index contributed by atoms with van der Waals surface area (Å²) in [6.07, 6.45) is 3.54. The molecule has 0 aromatic carbocycles. The van der Waals surface area contributed by atoms with E-state index in [1.165, 1.54) is 0 Å². The topological polar surface area (TPSA) is 51.2 Å². The Balaban J connectivity index is 2.02. The molecule has 18 heavy (non-hydrogen) atoms. The maximum absolute atomic E-state index is 11.7. The lowest BCUT2D eigenvalue weighted by Crippen LogP contribution is -2.43.